The van der Waals surface area contributed by atoms with Gasteiger partial charge in [-0.05, 0) is 75.5 Å². The molecule has 1 aliphatic carbocycles. The zero-order chi connectivity index (χ0) is 16.7. The third-order valence-electron chi connectivity index (χ3n) is 5.09. The molecule has 0 unspecified atom stereocenters. The predicted molar refractivity (Wildman–Crippen MR) is 98.8 cm³/mol. The third kappa shape index (κ3) is 5.63. The van der Waals surface area contributed by atoms with Gasteiger partial charge in [-0.3, -0.25) is 0 Å². The van der Waals surface area contributed by atoms with E-state index in [4.69, 9.17) is 0 Å². The number of hydrogen-bond acceptors (Lipinski definition) is 2. The maximum Gasteiger partial charge on any atom is 0.152 e. The summed E-state index contributed by atoms with van der Waals surface area (Å²) in [5, 5.41) is -0.230. The van der Waals surface area contributed by atoms with Crippen LogP contribution in [0.3, 0.4) is 0 Å². The Morgan fingerprint density at radius 1 is 0.957 bits per heavy atom. The molecule has 0 amide bonds. The number of hydrogen-bond donors (Lipinski definition) is 0. The second-order valence-electron chi connectivity index (χ2n) is 7.20. The molecule has 0 fully saturated rings. The van der Waals surface area contributed by atoms with E-state index in [2.05, 4.69) is 18.2 Å². The number of unbranched alkanes of at least 4 members (excludes halogenated alkanes) is 4. The van der Waals surface area contributed by atoms with E-state index in [0.29, 0.717) is 5.75 Å². The summed E-state index contributed by atoms with van der Waals surface area (Å²) in [6.07, 6.45) is 11.9. The summed E-state index contributed by atoms with van der Waals surface area (Å²) in [5.74, 6) is 0.358. The molecule has 1 aliphatic rings. The third-order valence-corrected chi connectivity index (χ3v) is 7.38. The SMILES string of the molecule is CC(C)S(=O)(=O)CCCCCCCc1cccc2c1CCCC2. The molecule has 0 N–H and O–H groups in total. The van der Waals surface area contributed by atoms with Crippen LogP contribution in [0.4, 0.5) is 0 Å². The number of rotatable bonds is 9. The van der Waals surface area contributed by atoms with Crippen molar-refractivity contribution in [1.29, 1.82) is 0 Å². The van der Waals surface area contributed by atoms with Crippen LogP contribution in [-0.2, 0) is 29.1 Å². The van der Waals surface area contributed by atoms with E-state index in [-0.39, 0.29) is 5.25 Å². The summed E-state index contributed by atoms with van der Waals surface area (Å²) in [7, 11) is -2.84. The molecule has 3 heteroatoms. The lowest BCUT2D eigenvalue weighted by molar-refractivity contribution is 0.576. The molecule has 0 aliphatic heterocycles. The van der Waals surface area contributed by atoms with E-state index < -0.39 is 9.84 Å². The molecule has 0 atom stereocenters. The van der Waals surface area contributed by atoms with Gasteiger partial charge in [-0.15, -0.1) is 0 Å². The van der Waals surface area contributed by atoms with Gasteiger partial charge >= 0.3 is 0 Å². The Balaban J connectivity index is 1.65. The lowest BCUT2D eigenvalue weighted by Gasteiger charge is -2.19. The molecular weight excluding hydrogens is 304 g/mol. The molecule has 23 heavy (non-hydrogen) atoms. The second kappa shape index (κ2) is 8.86. The van der Waals surface area contributed by atoms with Gasteiger partial charge in [-0.25, -0.2) is 8.42 Å². The van der Waals surface area contributed by atoms with Crippen molar-refractivity contribution in [3.63, 3.8) is 0 Å². The van der Waals surface area contributed by atoms with Crippen LogP contribution in [0, 0.1) is 0 Å². The highest BCUT2D eigenvalue weighted by atomic mass is 32.2. The number of fused-ring (bicyclic) bond motifs is 1. The molecular formula is C20H32O2S. The van der Waals surface area contributed by atoms with E-state index in [0.717, 1.165) is 19.3 Å². The summed E-state index contributed by atoms with van der Waals surface area (Å²) in [4.78, 5) is 0. The molecule has 0 aromatic heterocycles. The molecule has 0 saturated heterocycles. The first-order valence-corrected chi connectivity index (χ1v) is 11.0. The summed E-state index contributed by atoms with van der Waals surface area (Å²) in [6, 6.07) is 6.82. The Bertz CT molecular complexity index is 588. The fourth-order valence-corrected chi connectivity index (χ4v) is 4.56. The average molecular weight is 337 g/mol. The van der Waals surface area contributed by atoms with Gasteiger partial charge in [0, 0.05) is 0 Å². The van der Waals surface area contributed by atoms with Crippen molar-refractivity contribution in [2.45, 2.75) is 83.3 Å². The van der Waals surface area contributed by atoms with Crippen LogP contribution in [0.2, 0.25) is 0 Å². The van der Waals surface area contributed by atoms with Gasteiger partial charge in [0.1, 0.15) is 0 Å². The largest absolute Gasteiger partial charge is 0.229 e. The van der Waals surface area contributed by atoms with Crippen molar-refractivity contribution in [2.24, 2.45) is 0 Å². The molecule has 0 spiro atoms. The monoisotopic (exact) mass is 336 g/mol. The Morgan fingerprint density at radius 2 is 1.65 bits per heavy atom. The minimum absolute atomic E-state index is 0.230. The van der Waals surface area contributed by atoms with Crippen molar-refractivity contribution in [3.8, 4) is 0 Å². The lowest BCUT2D eigenvalue weighted by Crippen LogP contribution is -2.17. The summed E-state index contributed by atoms with van der Waals surface area (Å²) in [5.41, 5.74) is 4.76. The first-order valence-electron chi connectivity index (χ1n) is 9.32. The van der Waals surface area contributed by atoms with Crippen molar-refractivity contribution in [2.75, 3.05) is 5.75 Å². The topological polar surface area (TPSA) is 34.1 Å². The maximum atomic E-state index is 11.7. The molecule has 0 bridgehead atoms. The van der Waals surface area contributed by atoms with E-state index in [1.54, 1.807) is 30.5 Å². The molecule has 2 rings (SSSR count). The van der Waals surface area contributed by atoms with Gasteiger partial charge in [-0.2, -0.15) is 0 Å². The van der Waals surface area contributed by atoms with Gasteiger partial charge in [0.05, 0.1) is 11.0 Å². The molecule has 0 saturated carbocycles. The minimum atomic E-state index is -2.84. The highest BCUT2D eigenvalue weighted by Gasteiger charge is 2.15. The van der Waals surface area contributed by atoms with Crippen molar-refractivity contribution in [3.05, 3.63) is 34.9 Å². The highest BCUT2D eigenvalue weighted by molar-refractivity contribution is 7.91. The van der Waals surface area contributed by atoms with Crippen LogP contribution in [0.5, 0.6) is 0 Å². The maximum absolute atomic E-state index is 11.7. The molecule has 2 nitrogen and oxygen atoms in total. The first kappa shape index (κ1) is 18.5. The zero-order valence-electron chi connectivity index (χ0n) is 14.8. The van der Waals surface area contributed by atoms with E-state index in [1.165, 1.54) is 44.9 Å². The number of sulfone groups is 1. The Morgan fingerprint density at radius 3 is 2.43 bits per heavy atom. The molecule has 1 aromatic rings. The van der Waals surface area contributed by atoms with Crippen LogP contribution >= 0.6 is 0 Å². The van der Waals surface area contributed by atoms with Crippen molar-refractivity contribution in [1.82, 2.24) is 0 Å². The van der Waals surface area contributed by atoms with Crippen LogP contribution in [0.15, 0.2) is 18.2 Å². The highest BCUT2D eigenvalue weighted by Crippen LogP contribution is 2.25. The first-order chi connectivity index (χ1) is 11.0. The van der Waals surface area contributed by atoms with Gasteiger partial charge in [0.2, 0.25) is 0 Å². The molecule has 0 heterocycles. The number of benzene rings is 1. The Labute approximate surface area is 142 Å². The van der Waals surface area contributed by atoms with E-state index in [1.807, 2.05) is 0 Å². The smallest absolute Gasteiger partial charge is 0.152 e. The zero-order valence-corrected chi connectivity index (χ0v) is 15.6. The summed E-state index contributed by atoms with van der Waals surface area (Å²) >= 11 is 0. The number of aryl methyl sites for hydroxylation is 2. The standard InChI is InChI=1S/C20H32O2S/c1-17(2)23(21,22)16-9-5-3-4-6-11-18-13-10-14-19-12-7-8-15-20(18)19/h10,13-14,17H,3-9,11-12,15-16H2,1-2H3. The Kier molecular flexibility index (Phi) is 7.13. The molecule has 130 valence electrons. The normalized spacial score (nSPS) is 14.9. The molecule has 1 aromatic carbocycles. The second-order valence-corrected chi connectivity index (χ2v) is 9.87. The fourth-order valence-electron chi connectivity index (χ4n) is 3.48. The van der Waals surface area contributed by atoms with Gasteiger partial charge in [0.15, 0.2) is 9.84 Å². The summed E-state index contributed by atoms with van der Waals surface area (Å²) < 4.78 is 23.5. The average Bonchev–Trinajstić information content (AvgIpc) is 2.54. The van der Waals surface area contributed by atoms with Crippen LogP contribution in [-0.4, -0.2) is 19.4 Å². The van der Waals surface area contributed by atoms with Crippen molar-refractivity contribution < 1.29 is 8.42 Å². The predicted octanol–water partition coefficient (Wildman–Crippen LogP) is 4.88. The Hall–Kier alpha value is -0.830. The minimum Gasteiger partial charge on any atom is -0.229 e. The van der Waals surface area contributed by atoms with Gasteiger partial charge in [0.25, 0.3) is 0 Å². The fraction of sp³-hybridized carbons (Fsp3) is 0.700. The quantitative estimate of drug-likeness (QED) is 0.602. The van der Waals surface area contributed by atoms with Crippen molar-refractivity contribution >= 4 is 9.84 Å². The molecule has 0 radical (unpaired) electrons. The van der Waals surface area contributed by atoms with Gasteiger partial charge in [-0.1, -0.05) is 37.5 Å². The van der Waals surface area contributed by atoms with E-state index in [9.17, 15) is 8.42 Å². The summed E-state index contributed by atoms with van der Waals surface area (Å²) in [6.45, 7) is 3.55. The van der Waals surface area contributed by atoms with E-state index >= 15 is 0 Å². The van der Waals surface area contributed by atoms with Gasteiger partial charge < -0.3 is 0 Å². The van der Waals surface area contributed by atoms with Crippen LogP contribution in [0.25, 0.3) is 0 Å². The lowest BCUT2D eigenvalue weighted by atomic mass is 9.86. The van der Waals surface area contributed by atoms with Crippen LogP contribution in [0.1, 0.15) is 75.5 Å². The van der Waals surface area contributed by atoms with Crippen LogP contribution < -0.4 is 0 Å².